The molecule has 0 aliphatic heterocycles. The third-order valence-corrected chi connectivity index (χ3v) is 7.38. The number of benzene rings is 2. The number of rotatable bonds is 7. The van der Waals surface area contributed by atoms with E-state index in [1.165, 1.54) is 11.3 Å². The van der Waals surface area contributed by atoms with Crippen molar-refractivity contribution in [3.8, 4) is 16.3 Å². The summed E-state index contributed by atoms with van der Waals surface area (Å²) < 4.78 is 6.32. The number of thiazole rings is 1. The van der Waals surface area contributed by atoms with Gasteiger partial charge in [0.25, 0.3) is 0 Å². The minimum Gasteiger partial charge on any atom is -0.497 e. The molecule has 0 spiro atoms. The summed E-state index contributed by atoms with van der Waals surface area (Å²) in [5, 5.41) is 38.6. The SMILES string of the molecule is COc1cccc(Nc2nc(C)c(-c3nc4ccccc4s3)c(NC3(O)CCC(CO)C3O)n2)c1. The number of fused-ring (bicyclic) bond motifs is 1. The van der Waals surface area contributed by atoms with Crippen LogP contribution in [0.2, 0.25) is 0 Å². The number of hydrogen-bond donors (Lipinski definition) is 5. The normalized spacial score (nSPS) is 21.9. The monoisotopic (exact) mass is 493 g/mol. The molecule has 0 bridgehead atoms. The van der Waals surface area contributed by atoms with E-state index in [1.54, 1.807) is 7.11 Å². The van der Waals surface area contributed by atoms with Gasteiger partial charge in [-0.1, -0.05) is 18.2 Å². The van der Waals surface area contributed by atoms with Gasteiger partial charge in [-0.2, -0.15) is 4.98 Å². The molecule has 0 saturated heterocycles. The standard InChI is InChI=1S/C25H27N5O4S/c1-14-20(23-28-18-8-3-4-9-19(18)35-23)22(30-25(33)11-10-15(13-31)21(25)32)29-24(26-14)27-16-6-5-7-17(12-16)34-2/h3-9,12,15,21,31-33H,10-11,13H2,1-2H3,(H2,26,27,29,30). The van der Waals surface area contributed by atoms with E-state index in [0.717, 1.165) is 15.9 Å². The van der Waals surface area contributed by atoms with Crippen molar-refractivity contribution in [2.45, 2.75) is 31.6 Å². The predicted molar refractivity (Wildman–Crippen MR) is 136 cm³/mol. The zero-order valence-corrected chi connectivity index (χ0v) is 20.2. The Morgan fingerprint density at radius 3 is 2.71 bits per heavy atom. The second-order valence-electron chi connectivity index (χ2n) is 8.68. The highest BCUT2D eigenvalue weighted by Gasteiger charge is 2.47. The van der Waals surface area contributed by atoms with Crippen molar-refractivity contribution in [3.63, 3.8) is 0 Å². The molecule has 5 N–H and O–H groups in total. The molecule has 1 fully saturated rings. The molecule has 9 nitrogen and oxygen atoms in total. The number of nitrogens with one attached hydrogen (secondary N) is 2. The first-order chi connectivity index (χ1) is 16.9. The Kier molecular flexibility index (Phi) is 6.28. The number of ether oxygens (including phenoxy) is 1. The van der Waals surface area contributed by atoms with Crippen LogP contribution in [0, 0.1) is 12.8 Å². The number of methoxy groups -OCH3 is 1. The van der Waals surface area contributed by atoms with E-state index in [2.05, 4.69) is 20.6 Å². The molecule has 0 radical (unpaired) electrons. The minimum absolute atomic E-state index is 0.207. The lowest BCUT2D eigenvalue weighted by Gasteiger charge is -2.31. The Morgan fingerprint density at radius 1 is 1.14 bits per heavy atom. The number of anilines is 3. The fourth-order valence-electron chi connectivity index (χ4n) is 4.42. The molecule has 3 unspecified atom stereocenters. The highest BCUT2D eigenvalue weighted by molar-refractivity contribution is 7.21. The molecular formula is C25H27N5O4S. The van der Waals surface area contributed by atoms with Gasteiger partial charge in [0.15, 0.2) is 5.72 Å². The van der Waals surface area contributed by atoms with Crippen molar-refractivity contribution in [1.29, 1.82) is 0 Å². The van der Waals surface area contributed by atoms with Crippen LogP contribution in [0.1, 0.15) is 18.5 Å². The van der Waals surface area contributed by atoms with Crippen LogP contribution in [0.4, 0.5) is 17.5 Å². The average molecular weight is 494 g/mol. The van der Waals surface area contributed by atoms with E-state index < -0.39 is 17.7 Å². The maximum Gasteiger partial charge on any atom is 0.229 e. The Bertz CT molecular complexity index is 1330. The van der Waals surface area contributed by atoms with Crippen LogP contribution in [0.5, 0.6) is 5.75 Å². The molecule has 3 atom stereocenters. The summed E-state index contributed by atoms with van der Waals surface area (Å²) in [6.07, 6.45) is -0.405. The van der Waals surface area contributed by atoms with Crippen LogP contribution in [0.25, 0.3) is 20.8 Å². The summed E-state index contributed by atoms with van der Waals surface area (Å²) in [7, 11) is 1.60. The molecule has 1 aliphatic rings. The van der Waals surface area contributed by atoms with Crippen LogP contribution >= 0.6 is 11.3 Å². The molecule has 10 heteroatoms. The number of aliphatic hydroxyl groups is 3. The van der Waals surface area contributed by atoms with E-state index in [4.69, 9.17) is 9.72 Å². The van der Waals surface area contributed by atoms with Gasteiger partial charge in [-0.15, -0.1) is 11.3 Å². The summed E-state index contributed by atoms with van der Waals surface area (Å²) >= 11 is 1.50. The molecular weight excluding hydrogens is 466 g/mol. The van der Waals surface area contributed by atoms with E-state index in [0.29, 0.717) is 40.2 Å². The van der Waals surface area contributed by atoms with Crippen LogP contribution < -0.4 is 15.4 Å². The van der Waals surface area contributed by atoms with Gasteiger partial charge in [0, 0.05) is 24.3 Å². The number of para-hydroxylation sites is 1. The molecule has 2 heterocycles. The third-order valence-electron chi connectivity index (χ3n) is 6.32. The van der Waals surface area contributed by atoms with E-state index in [9.17, 15) is 15.3 Å². The van der Waals surface area contributed by atoms with Gasteiger partial charge in [-0.25, -0.2) is 9.97 Å². The Balaban J connectivity index is 1.58. The second kappa shape index (κ2) is 9.38. The molecule has 2 aromatic heterocycles. The van der Waals surface area contributed by atoms with Crippen molar-refractivity contribution < 1.29 is 20.1 Å². The summed E-state index contributed by atoms with van der Waals surface area (Å²) in [6, 6.07) is 15.2. The van der Waals surface area contributed by atoms with E-state index in [-0.39, 0.29) is 13.0 Å². The maximum atomic E-state index is 11.3. The van der Waals surface area contributed by atoms with Gasteiger partial charge >= 0.3 is 0 Å². The summed E-state index contributed by atoms with van der Waals surface area (Å²) in [6.45, 7) is 1.65. The van der Waals surface area contributed by atoms with Gasteiger partial charge in [-0.3, -0.25) is 0 Å². The molecule has 5 rings (SSSR count). The lowest BCUT2D eigenvalue weighted by atomic mass is 10.0. The van der Waals surface area contributed by atoms with Crippen molar-refractivity contribution in [2.24, 2.45) is 5.92 Å². The van der Waals surface area contributed by atoms with Crippen LogP contribution in [0.15, 0.2) is 48.5 Å². The highest BCUT2D eigenvalue weighted by atomic mass is 32.1. The van der Waals surface area contributed by atoms with E-state index in [1.807, 2.05) is 55.5 Å². The van der Waals surface area contributed by atoms with Crippen molar-refractivity contribution >= 4 is 39.0 Å². The number of nitrogens with zero attached hydrogens (tertiary/aromatic N) is 3. The number of aromatic nitrogens is 3. The second-order valence-corrected chi connectivity index (χ2v) is 9.71. The number of hydrogen-bond acceptors (Lipinski definition) is 10. The number of aryl methyl sites for hydroxylation is 1. The van der Waals surface area contributed by atoms with Crippen molar-refractivity contribution in [1.82, 2.24) is 15.0 Å². The predicted octanol–water partition coefficient (Wildman–Crippen LogP) is 3.68. The minimum atomic E-state index is -1.65. The van der Waals surface area contributed by atoms with Gasteiger partial charge in [-0.05, 0) is 44.0 Å². The summed E-state index contributed by atoms with van der Waals surface area (Å²) in [5.41, 5.74) is 1.25. The summed E-state index contributed by atoms with van der Waals surface area (Å²) in [4.78, 5) is 14.1. The zero-order valence-electron chi connectivity index (χ0n) is 19.4. The topological polar surface area (TPSA) is 133 Å². The van der Waals surface area contributed by atoms with Crippen molar-refractivity contribution in [2.75, 3.05) is 24.4 Å². The molecule has 35 heavy (non-hydrogen) atoms. The molecule has 182 valence electrons. The largest absolute Gasteiger partial charge is 0.497 e. The van der Waals surface area contributed by atoms with Gasteiger partial charge in [0.2, 0.25) is 5.95 Å². The quantitative estimate of drug-likeness (QED) is 0.245. The zero-order chi connectivity index (χ0) is 24.6. The Labute approximate surface area is 206 Å². The van der Waals surface area contributed by atoms with E-state index >= 15 is 0 Å². The van der Waals surface area contributed by atoms with Gasteiger partial charge < -0.3 is 30.7 Å². The first-order valence-electron chi connectivity index (χ1n) is 11.4. The van der Waals surface area contributed by atoms with Crippen LogP contribution in [-0.4, -0.2) is 55.8 Å². The smallest absolute Gasteiger partial charge is 0.229 e. The lowest BCUT2D eigenvalue weighted by molar-refractivity contribution is -0.0545. The third kappa shape index (κ3) is 4.53. The fourth-order valence-corrected chi connectivity index (χ4v) is 5.48. The van der Waals surface area contributed by atoms with Crippen LogP contribution in [-0.2, 0) is 0 Å². The first-order valence-corrected chi connectivity index (χ1v) is 12.2. The van der Waals surface area contributed by atoms with Gasteiger partial charge in [0.05, 0.1) is 28.6 Å². The lowest BCUT2D eigenvalue weighted by Crippen LogP contribution is -2.48. The molecule has 4 aromatic rings. The molecule has 1 aliphatic carbocycles. The molecule has 2 aromatic carbocycles. The fraction of sp³-hybridized carbons (Fsp3) is 0.320. The average Bonchev–Trinajstić information content (AvgIpc) is 3.39. The number of aliphatic hydroxyl groups excluding tert-OH is 2. The molecule has 1 saturated carbocycles. The highest BCUT2D eigenvalue weighted by Crippen LogP contribution is 2.40. The van der Waals surface area contributed by atoms with Crippen molar-refractivity contribution in [3.05, 3.63) is 54.2 Å². The van der Waals surface area contributed by atoms with Crippen LogP contribution in [0.3, 0.4) is 0 Å². The maximum absolute atomic E-state index is 11.3. The summed E-state index contributed by atoms with van der Waals surface area (Å²) in [5.74, 6) is 0.935. The first kappa shape index (κ1) is 23.4. The van der Waals surface area contributed by atoms with Gasteiger partial charge in [0.1, 0.15) is 22.7 Å². The Hall–Kier alpha value is -3.31. The Morgan fingerprint density at radius 2 is 1.97 bits per heavy atom. The molecule has 0 amide bonds.